The molecule has 0 spiro atoms. The molecular formula is C28H37N3O3. The highest BCUT2D eigenvalue weighted by Crippen LogP contribution is 2.12. The van der Waals surface area contributed by atoms with Crippen molar-refractivity contribution < 1.29 is 14.3 Å². The summed E-state index contributed by atoms with van der Waals surface area (Å²) in [4.78, 5) is 30.8. The Labute approximate surface area is 203 Å². The van der Waals surface area contributed by atoms with Crippen LogP contribution < -0.4 is 5.32 Å². The standard InChI is InChI=1S/C21H29N3O3.C7H8/c1-15(25)18-14-22-19(24-18)12-8-11-17(13-16-9-6-5-7-10-16)23-20(26)27-21(2,3)4;1-7-5-3-2-4-6-7/h5-7,9-10,14,17H,8,11-13H2,1-4H3,(H,22,24)(H,23,26);2-6H,1H3/t17-;/m1./s1. The lowest BCUT2D eigenvalue weighted by molar-refractivity contribution is 0.0501. The Morgan fingerprint density at radius 2 is 1.65 bits per heavy atom. The molecule has 0 saturated heterocycles. The summed E-state index contributed by atoms with van der Waals surface area (Å²) in [5, 5.41) is 2.99. The van der Waals surface area contributed by atoms with E-state index in [0.717, 1.165) is 30.7 Å². The van der Waals surface area contributed by atoms with Crippen LogP contribution in [0.5, 0.6) is 0 Å². The average molecular weight is 464 g/mol. The van der Waals surface area contributed by atoms with Crippen LogP contribution in [0, 0.1) is 6.92 Å². The topological polar surface area (TPSA) is 84.1 Å². The third-order valence-corrected chi connectivity index (χ3v) is 4.96. The van der Waals surface area contributed by atoms with Gasteiger partial charge in [0.05, 0.1) is 6.20 Å². The van der Waals surface area contributed by atoms with Gasteiger partial charge in [0.2, 0.25) is 0 Å². The molecule has 0 saturated carbocycles. The van der Waals surface area contributed by atoms with Gasteiger partial charge in [-0.25, -0.2) is 9.78 Å². The molecule has 3 rings (SSSR count). The Bertz CT molecular complexity index is 1010. The Balaban J connectivity index is 0.000000497. The van der Waals surface area contributed by atoms with Crippen LogP contribution in [0.4, 0.5) is 4.79 Å². The number of nitrogens with zero attached hydrogens (tertiary/aromatic N) is 1. The number of carbonyl (C=O) groups is 2. The maximum Gasteiger partial charge on any atom is 0.407 e. The predicted molar refractivity (Wildman–Crippen MR) is 136 cm³/mol. The number of imidazole rings is 1. The average Bonchev–Trinajstić information content (AvgIpc) is 3.23. The summed E-state index contributed by atoms with van der Waals surface area (Å²) in [6.07, 6.45) is 4.23. The quantitative estimate of drug-likeness (QED) is 0.397. The number of H-pyrrole nitrogens is 1. The van der Waals surface area contributed by atoms with E-state index < -0.39 is 11.7 Å². The molecule has 1 heterocycles. The third-order valence-electron chi connectivity index (χ3n) is 4.96. The minimum Gasteiger partial charge on any atom is -0.444 e. The fourth-order valence-electron chi connectivity index (χ4n) is 3.32. The first-order valence-corrected chi connectivity index (χ1v) is 11.7. The molecule has 1 atom stereocenters. The molecule has 1 aromatic heterocycles. The SMILES string of the molecule is CC(=O)c1cnc(CCC[C@H](Cc2ccccc2)NC(=O)OC(C)(C)C)[nH]1.Cc1ccccc1. The van der Waals surface area contributed by atoms with Gasteiger partial charge in [-0.3, -0.25) is 4.79 Å². The number of Topliss-reactive ketones (excluding diaryl/α,β-unsaturated/α-hetero) is 1. The first-order valence-electron chi connectivity index (χ1n) is 11.7. The molecule has 3 aromatic rings. The Hall–Kier alpha value is -3.41. The van der Waals surface area contributed by atoms with Crippen LogP contribution in [-0.4, -0.2) is 33.5 Å². The predicted octanol–water partition coefficient (Wildman–Crippen LogP) is 6.07. The number of hydrogen-bond acceptors (Lipinski definition) is 4. The van der Waals surface area contributed by atoms with Crippen molar-refractivity contribution in [1.29, 1.82) is 0 Å². The molecule has 0 radical (unpaired) electrons. The molecule has 2 aromatic carbocycles. The van der Waals surface area contributed by atoms with E-state index in [1.807, 2.05) is 57.2 Å². The normalized spacial score (nSPS) is 11.7. The highest BCUT2D eigenvalue weighted by molar-refractivity contribution is 5.91. The molecule has 0 unspecified atom stereocenters. The van der Waals surface area contributed by atoms with E-state index in [2.05, 4.69) is 46.5 Å². The van der Waals surface area contributed by atoms with Crippen LogP contribution in [0.25, 0.3) is 0 Å². The summed E-state index contributed by atoms with van der Waals surface area (Å²) >= 11 is 0. The van der Waals surface area contributed by atoms with Crippen LogP contribution in [0.2, 0.25) is 0 Å². The van der Waals surface area contributed by atoms with Gasteiger partial charge in [-0.1, -0.05) is 66.2 Å². The van der Waals surface area contributed by atoms with Gasteiger partial charge in [-0.05, 0) is 52.5 Å². The van der Waals surface area contributed by atoms with Gasteiger partial charge in [-0.15, -0.1) is 0 Å². The number of amides is 1. The van der Waals surface area contributed by atoms with Gasteiger partial charge in [0.1, 0.15) is 17.1 Å². The van der Waals surface area contributed by atoms with Crippen LogP contribution in [0.3, 0.4) is 0 Å². The third kappa shape index (κ3) is 10.9. The molecule has 1 amide bonds. The Morgan fingerprint density at radius 3 is 2.15 bits per heavy atom. The second-order valence-corrected chi connectivity index (χ2v) is 9.38. The summed E-state index contributed by atoms with van der Waals surface area (Å²) in [6.45, 7) is 9.14. The number of hydrogen-bond donors (Lipinski definition) is 2. The molecule has 0 aliphatic heterocycles. The molecule has 0 aliphatic carbocycles. The van der Waals surface area contributed by atoms with Crippen molar-refractivity contribution in [2.75, 3.05) is 0 Å². The zero-order chi connectivity index (χ0) is 25.0. The molecule has 6 nitrogen and oxygen atoms in total. The van der Waals surface area contributed by atoms with Crippen molar-refractivity contribution in [2.24, 2.45) is 0 Å². The van der Waals surface area contributed by atoms with Crippen molar-refractivity contribution in [1.82, 2.24) is 15.3 Å². The van der Waals surface area contributed by atoms with Gasteiger partial charge in [0.25, 0.3) is 0 Å². The lowest BCUT2D eigenvalue weighted by Crippen LogP contribution is -2.40. The number of aromatic amines is 1. The maximum absolute atomic E-state index is 12.2. The van der Waals surface area contributed by atoms with Crippen molar-refractivity contribution in [3.05, 3.63) is 89.5 Å². The molecule has 0 bridgehead atoms. The summed E-state index contributed by atoms with van der Waals surface area (Å²) in [6, 6.07) is 20.3. The fourth-order valence-corrected chi connectivity index (χ4v) is 3.32. The molecule has 6 heteroatoms. The Morgan fingerprint density at radius 1 is 1.03 bits per heavy atom. The Kier molecular flexibility index (Phi) is 10.5. The highest BCUT2D eigenvalue weighted by atomic mass is 16.6. The second kappa shape index (κ2) is 13.3. The van der Waals surface area contributed by atoms with Crippen LogP contribution >= 0.6 is 0 Å². The van der Waals surface area contributed by atoms with E-state index in [1.165, 1.54) is 12.5 Å². The van der Waals surface area contributed by atoms with Crippen molar-refractivity contribution in [3.8, 4) is 0 Å². The molecule has 0 aliphatic rings. The van der Waals surface area contributed by atoms with Gasteiger partial charge in [-0.2, -0.15) is 0 Å². The largest absolute Gasteiger partial charge is 0.444 e. The minimum absolute atomic E-state index is 0.0257. The van der Waals surface area contributed by atoms with Crippen LogP contribution in [0.15, 0.2) is 66.9 Å². The summed E-state index contributed by atoms with van der Waals surface area (Å²) < 4.78 is 5.39. The summed E-state index contributed by atoms with van der Waals surface area (Å²) in [5.41, 5.74) is 2.48. The lowest BCUT2D eigenvalue weighted by Gasteiger charge is -2.24. The highest BCUT2D eigenvalue weighted by Gasteiger charge is 2.20. The molecule has 2 N–H and O–H groups in total. The van der Waals surface area contributed by atoms with Crippen molar-refractivity contribution in [2.45, 2.75) is 71.9 Å². The van der Waals surface area contributed by atoms with Crippen molar-refractivity contribution in [3.63, 3.8) is 0 Å². The smallest absolute Gasteiger partial charge is 0.407 e. The number of carbonyl (C=O) groups excluding carboxylic acids is 2. The van der Waals surface area contributed by atoms with Crippen LogP contribution in [-0.2, 0) is 17.6 Å². The van der Waals surface area contributed by atoms with E-state index in [-0.39, 0.29) is 11.8 Å². The fraction of sp³-hybridized carbons (Fsp3) is 0.393. The van der Waals surface area contributed by atoms with Gasteiger partial charge < -0.3 is 15.0 Å². The number of aryl methyl sites for hydroxylation is 2. The number of rotatable bonds is 8. The number of alkyl carbamates (subject to hydrolysis) is 1. The second-order valence-electron chi connectivity index (χ2n) is 9.38. The van der Waals surface area contributed by atoms with E-state index >= 15 is 0 Å². The van der Waals surface area contributed by atoms with Gasteiger partial charge in [0.15, 0.2) is 5.78 Å². The number of ketones is 1. The first kappa shape index (κ1) is 26.8. The lowest BCUT2D eigenvalue weighted by atomic mass is 10.0. The first-order chi connectivity index (χ1) is 16.1. The van der Waals surface area contributed by atoms with E-state index in [0.29, 0.717) is 12.1 Å². The number of aromatic nitrogens is 2. The monoisotopic (exact) mass is 463 g/mol. The van der Waals surface area contributed by atoms with Crippen LogP contribution in [0.1, 0.15) is 68.0 Å². The van der Waals surface area contributed by atoms with E-state index in [1.54, 1.807) is 6.20 Å². The number of ether oxygens (including phenoxy) is 1. The summed E-state index contributed by atoms with van der Waals surface area (Å²) in [5.74, 6) is 0.762. The zero-order valence-electron chi connectivity index (χ0n) is 20.9. The van der Waals surface area contributed by atoms with E-state index in [9.17, 15) is 9.59 Å². The molecule has 182 valence electrons. The molecular weight excluding hydrogens is 426 g/mol. The minimum atomic E-state index is -0.529. The molecule has 34 heavy (non-hydrogen) atoms. The van der Waals surface area contributed by atoms with Gasteiger partial charge in [0, 0.05) is 19.4 Å². The summed E-state index contributed by atoms with van der Waals surface area (Å²) in [7, 11) is 0. The maximum atomic E-state index is 12.2. The zero-order valence-corrected chi connectivity index (χ0v) is 20.9. The number of benzene rings is 2. The number of nitrogens with one attached hydrogen (secondary N) is 2. The van der Waals surface area contributed by atoms with Crippen molar-refractivity contribution >= 4 is 11.9 Å². The van der Waals surface area contributed by atoms with E-state index in [4.69, 9.17) is 4.74 Å². The molecule has 0 fully saturated rings. The van der Waals surface area contributed by atoms with Gasteiger partial charge >= 0.3 is 6.09 Å².